The molecule has 0 unspecified atom stereocenters. The van der Waals surface area contributed by atoms with Crippen LogP contribution in [0.1, 0.15) is 24.6 Å². The van der Waals surface area contributed by atoms with Gasteiger partial charge < -0.3 is 14.0 Å². The Morgan fingerprint density at radius 1 is 1.42 bits per heavy atom. The van der Waals surface area contributed by atoms with Gasteiger partial charge in [0.1, 0.15) is 18.1 Å². The third-order valence-electron chi connectivity index (χ3n) is 3.20. The molecular formula is C14H15BrN2O2. The minimum absolute atomic E-state index is 0.529. The fraction of sp³-hybridized carbons (Fsp3) is 0.357. The number of methoxy groups -OCH3 is 1. The zero-order valence-corrected chi connectivity index (χ0v) is 12.3. The standard InChI is InChI=1S/C14H15BrN2O2/c1-18-12-4-5-14(13(15)6-12)19-8-11-7-16-9-17(11)10-2-3-10/h4-7,9-10H,2-3,8H2,1H3. The molecule has 0 N–H and O–H groups in total. The zero-order chi connectivity index (χ0) is 13.2. The van der Waals surface area contributed by atoms with Crippen molar-refractivity contribution in [3.05, 3.63) is 40.9 Å². The monoisotopic (exact) mass is 322 g/mol. The van der Waals surface area contributed by atoms with Crippen LogP contribution in [-0.4, -0.2) is 16.7 Å². The molecule has 1 saturated carbocycles. The van der Waals surface area contributed by atoms with E-state index in [2.05, 4.69) is 25.5 Å². The van der Waals surface area contributed by atoms with Crippen LogP contribution < -0.4 is 9.47 Å². The topological polar surface area (TPSA) is 36.3 Å². The SMILES string of the molecule is COc1ccc(OCc2cncn2C2CC2)c(Br)c1. The van der Waals surface area contributed by atoms with Crippen molar-refractivity contribution in [2.24, 2.45) is 0 Å². The van der Waals surface area contributed by atoms with Crippen molar-refractivity contribution < 1.29 is 9.47 Å². The average Bonchev–Trinajstić information content (AvgIpc) is 3.16. The minimum Gasteiger partial charge on any atom is -0.497 e. The molecule has 3 rings (SSSR count). The Balaban J connectivity index is 1.70. The average molecular weight is 323 g/mol. The van der Waals surface area contributed by atoms with Crippen LogP contribution >= 0.6 is 15.9 Å². The van der Waals surface area contributed by atoms with Gasteiger partial charge in [-0.15, -0.1) is 0 Å². The summed E-state index contributed by atoms with van der Waals surface area (Å²) in [5.41, 5.74) is 1.12. The summed E-state index contributed by atoms with van der Waals surface area (Å²) in [5, 5.41) is 0. The van der Waals surface area contributed by atoms with Gasteiger partial charge in [0.2, 0.25) is 0 Å². The molecule has 100 valence electrons. The number of benzene rings is 1. The first-order valence-electron chi connectivity index (χ1n) is 6.25. The van der Waals surface area contributed by atoms with E-state index >= 15 is 0 Å². The highest BCUT2D eigenvalue weighted by Gasteiger charge is 2.25. The van der Waals surface area contributed by atoms with E-state index in [4.69, 9.17) is 9.47 Å². The molecular weight excluding hydrogens is 308 g/mol. The van der Waals surface area contributed by atoms with E-state index in [0.717, 1.165) is 21.7 Å². The largest absolute Gasteiger partial charge is 0.497 e. The number of rotatable bonds is 5. The molecule has 5 heteroatoms. The zero-order valence-electron chi connectivity index (χ0n) is 10.7. The first-order chi connectivity index (χ1) is 9.28. The van der Waals surface area contributed by atoms with Crippen LogP contribution in [0, 0.1) is 0 Å². The Morgan fingerprint density at radius 2 is 2.26 bits per heavy atom. The number of imidazole rings is 1. The highest BCUT2D eigenvalue weighted by molar-refractivity contribution is 9.10. The number of hydrogen-bond donors (Lipinski definition) is 0. The minimum atomic E-state index is 0.529. The van der Waals surface area contributed by atoms with Crippen LogP contribution in [0.5, 0.6) is 11.5 Å². The Labute approximate surface area is 120 Å². The van der Waals surface area contributed by atoms with Crippen molar-refractivity contribution >= 4 is 15.9 Å². The van der Waals surface area contributed by atoms with Crippen molar-refractivity contribution in [3.63, 3.8) is 0 Å². The van der Waals surface area contributed by atoms with Gasteiger partial charge in [-0.2, -0.15) is 0 Å². The highest BCUT2D eigenvalue weighted by Crippen LogP contribution is 2.36. The lowest BCUT2D eigenvalue weighted by Crippen LogP contribution is -2.03. The molecule has 1 heterocycles. The smallest absolute Gasteiger partial charge is 0.134 e. The predicted molar refractivity (Wildman–Crippen MR) is 75.5 cm³/mol. The van der Waals surface area contributed by atoms with Crippen LogP contribution in [0.3, 0.4) is 0 Å². The van der Waals surface area contributed by atoms with Gasteiger partial charge in [0, 0.05) is 6.04 Å². The molecule has 0 atom stereocenters. The fourth-order valence-electron chi connectivity index (χ4n) is 2.00. The van der Waals surface area contributed by atoms with E-state index in [1.54, 1.807) is 7.11 Å². The van der Waals surface area contributed by atoms with Gasteiger partial charge in [0.25, 0.3) is 0 Å². The molecule has 0 aliphatic heterocycles. The van der Waals surface area contributed by atoms with Crippen LogP contribution in [-0.2, 0) is 6.61 Å². The van der Waals surface area contributed by atoms with Gasteiger partial charge in [0.15, 0.2) is 0 Å². The van der Waals surface area contributed by atoms with E-state index in [1.165, 1.54) is 12.8 Å². The summed E-state index contributed by atoms with van der Waals surface area (Å²) in [5.74, 6) is 1.62. The summed E-state index contributed by atoms with van der Waals surface area (Å²) >= 11 is 3.48. The second kappa shape index (κ2) is 5.25. The Kier molecular flexibility index (Phi) is 3.46. The van der Waals surface area contributed by atoms with Crippen molar-refractivity contribution in [3.8, 4) is 11.5 Å². The summed E-state index contributed by atoms with van der Waals surface area (Å²) in [6.45, 7) is 0.529. The molecule has 1 fully saturated rings. The summed E-state index contributed by atoms with van der Waals surface area (Å²) < 4.78 is 14.1. The molecule has 0 radical (unpaired) electrons. The molecule has 2 aromatic rings. The Bertz CT molecular complexity index is 579. The van der Waals surface area contributed by atoms with E-state index < -0.39 is 0 Å². The van der Waals surface area contributed by atoms with Crippen LogP contribution in [0.25, 0.3) is 0 Å². The lowest BCUT2D eigenvalue weighted by atomic mass is 10.3. The van der Waals surface area contributed by atoms with Gasteiger partial charge in [-0.3, -0.25) is 0 Å². The molecule has 1 aromatic heterocycles. The lowest BCUT2D eigenvalue weighted by Gasteiger charge is -2.11. The van der Waals surface area contributed by atoms with Gasteiger partial charge in [-0.1, -0.05) is 0 Å². The predicted octanol–water partition coefficient (Wildman–Crippen LogP) is 3.57. The Morgan fingerprint density at radius 3 is 2.95 bits per heavy atom. The second-order valence-corrected chi connectivity index (χ2v) is 5.46. The molecule has 0 saturated heterocycles. The van der Waals surface area contributed by atoms with E-state index in [-0.39, 0.29) is 0 Å². The molecule has 0 spiro atoms. The van der Waals surface area contributed by atoms with Crippen molar-refractivity contribution in [1.29, 1.82) is 0 Å². The maximum atomic E-state index is 5.84. The van der Waals surface area contributed by atoms with E-state index in [0.29, 0.717) is 12.6 Å². The summed E-state index contributed by atoms with van der Waals surface area (Å²) in [7, 11) is 1.65. The van der Waals surface area contributed by atoms with Crippen LogP contribution in [0.4, 0.5) is 0 Å². The van der Waals surface area contributed by atoms with Crippen LogP contribution in [0.15, 0.2) is 35.2 Å². The van der Waals surface area contributed by atoms with Crippen molar-refractivity contribution in [2.45, 2.75) is 25.5 Å². The van der Waals surface area contributed by atoms with Crippen molar-refractivity contribution in [1.82, 2.24) is 9.55 Å². The number of ether oxygens (including phenoxy) is 2. The van der Waals surface area contributed by atoms with Gasteiger partial charge >= 0.3 is 0 Å². The first kappa shape index (κ1) is 12.5. The van der Waals surface area contributed by atoms with Gasteiger partial charge in [-0.05, 0) is 47.0 Å². The third kappa shape index (κ3) is 2.76. The Hall–Kier alpha value is -1.49. The number of hydrogen-bond acceptors (Lipinski definition) is 3. The molecule has 0 amide bonds. The number of nitrogens with zero attached hydrogens (tertiary/aromatic N) is 2. The summed E-state index contributed by atoms with van der Waals surface area (Å²) in [4.78, 5) is 4.20. The highest BCUT2D eigenvalue weighted by atomic mass is 79.9. The molecule has 1 aliphatic rings. The molecule has 19 heavy (non-hydrogen) atoms. The van der Waals surface area contributed by atoms with Crippen molar-refractivity contribution in [2.75, 3.05) is 7.11 Å². The van der Waals surface area contributed by atoms with E-state index in [9.17, 15) is 0 Å². The second-order valence-electron chi connectivity index (χ2n) is 4.61. The maximum absolute atomic E-state index is 5.84. The third-order valence-corrected chi connectivity index (χ3v) is 3.82. The van der Waals surface area contributed by atoms with Crippen LogP contribution in [0.2, 0.25) is 0 Å². The fourth-order valence-corrected chi connectivity index (χ4v) is 2.47. The summed E-state index contributed by atoms with van der Waals surface area (Å²) in [6, 6.07) is 6.31. The van der Waals surface area contributed by atoms with Gasteiger partial charge in [0.05, 0.1) is 29.8 Å². The number of aromatic nitrogens is 2. The molecule has 1 aromatic carbocycles. The molecule has 1 aliphatic carbocycles. The molecule has 0 bridgehead atoms. The quantitative estimate of drug-likeness (QED) is 0.844. The maximum Gasteiger partial charge on any atom is 0.134 e. The van der Waals surface area contributed by atoms with Gasteiger partial charge in [-0.25, -0.2) is 4.98 Å². The number of halogens is 1. The summed E-state index contributed by atoms with van der Waals surface area (Å²) in [6.07, 6.45) is 6.25. The lowest BCUT2D eigenvalue weighted by molar-refractivity contribution is 0.292. The normalized spacial score (nSPS) is 14.4. The van der Waals surface area contributed by atoms with E-state index in [1.807, 2.05) is 30.7 Å². The molecule has 4 nitrogen and oxygen atoms in total. The first-order valence-corrected chi connectivity index (χ1v) is 7.04.